The summed E-state index contributed by atoms with van der Waals surface area (Å²) in [6.45, 7) is 9.60. The fraction of sp³-hybridized carbons (Fsp3) is 0.545. The van der Waals surface area contributed by atoms with Crippen LogP contribution in [0.4, 0.5) is 10.1 Å². The first-order valence-electron chi connectivity index (χ1n) is 10.4. The topological polar surface area (TPSA) is 57.5 Å². The van der Waals surface area contributed by atoms with Gasteiger partial charge in [0.2, 0.25) is 0 Å². The Balaban J connectivity index is 1.65. The normalized spacial score (nSPS) is 18.0. The van der Waals surface area contributed by atoms with Crippen molar-refractivity contribution in [3.63, 3.8) is 0 Å². The number of aliphatic imine (C=N–C) groups is 1. The van der Waals surface area contributed by atoms with Crippen molar-refractivity contribution in [2.45, 2.75) is 45.1 Å². The number of benzene rings is 1. The third kappa shape index (κ3) is 5.71. The van der Waals surface area contributed by atoms with Gasteiger partial charge < -0.3 is 15.5 Å². The zero-order chi connectivity index (χ0) is 20.9. The van der Waals surface area contributed by atoms with Crippen LogP contribution in [0, 0.1) is 5.82 Å². The van der Waals surface area contributed by atoms with Gasteiger partial charge in [0.25, 0.3) is 0 Å². The van der Waals surface area contributed by atoms with Gasteiger partial charge in [-0.15, -0.1) is 0 Å². The molecule has 1 fully saturated rings. The summed E-state index contributed by atoms with van der Waals surface area (Å²) in [4.78, 5) is 7.19. The molecule has 1 saturated heterocycles. The van der Waals surface area contributed by atoms with Crippen molar-refractivity contribution in [2.75, 3.05) is 31.1 Å². The molecule has 3 rings (SSSR count). The van der Waals surface area contributed by atoms with E-state index in [0.717, 1.165) is 49.7 Å². The molecule has 0 bridgehead atoms. The number of rotatable bonds is 6. The standard InChI is InChI=1S/C22H33FN6/c1-5-24-21(25-16-22(2,3)17-8-6-9-18(23)12-17)27-19-10-7-11-29(14-19)20-13-26-28(4)15-20/h6,8-9,12-13,15,19H,5,7,10-11,14,16H2,1-4H3,(H2,24,25,27). The van der Waals surface area contributed by atoms with Crippen LogP contribution in [0.25, 0.3) is 0 Å². The molecule has 2 aromatic rings. The lowest BCUT2D eigenvalue weighted by atomic mass is 9.85. The number of halogens is 1. The summed E-state index contributed by atoms with van der Waals surface area (Å²) in [5.41, 5.74) is 1.87. The number of hydrogen-bond acceptors (Lipinski definition) is 3. The number of piperidine rings is 1. The Morgan fingerprint density at radius 1 is 1.38 bits per heavy atom. The highest BCUT2D eigenvalue weighted by atomic mass is 19.1. The molecule has 0 aliphatic carbocycles. The Kier molecular flexibility index (Phi) is 6.77. The molecule has 1 aromatic carbocycles. The van der Waals surface area contributed by atoms with E-state index in [1.807, 2.05) is 24.0 Å². The Bertz CT molecular complexity index is 828. The Hall–Kier alpha value is -2.57. The van der Waals surface area contributed by atoms with Crippen LogP contribution in [0.1, 0.15) is 39.2 Å². The zero-order valence-corrected chi connectivity index (χ0v) is 18.0. The number of nitrogens with one attached hydrogen (secondary N) is 2. The van der Waals surface area contributed by atoms with E-state index in [1.54, 1.807) is 12.1 Å². The number of nitrogens with zero attached hydrogens (tertiary/aromatic N) is 4. The minimum absolute atomic E-state index is 0.206. The van der Waals surface area contributed by atoms with Crippen molar-refractivity contribution in [2.24, 2.45) is 12.0 Å². The van der Waals surface area contributed by atoms with Gasteiger partial charge in [-0.2, -0.15) is 5.10 Å². The van der Waals surface area contributed by atoms with Crippen LogP contribution in [-0.2, 0) is 12.5 Å². The van der Waals surface area contributed by atoms with E-state index in [4.69, 9.17) is 4.99 Å². The van der Waals surface area contributed by atoms with Crippen molar-refractivity contribution < 1.29 is 4.39 Å². The lowest BCUT2D eigenvalue weighted by Crippen LogP contribution is -2.51. The molecule has 7 heteroatoms. The Labute approximate surface area is 173 Å². The van der Waals surface area contributed by atoms with E-state index >= 15 is 0 Å². The average Bonchev–Trinajstić information content (AvgIpc) is 3.13. The summed E-state index contributed by atoms with van der Waals surface area (Å²) >= 11 is 0. The highest BCUT2D eigenvalue weighted by molar-refractivity contribution is 5.80. The third-order valence-corrected chi connectivity index (χ3v) is 5.40. The number of aromatic nitrogens is 2. The molecule has 1 aliphatic heterocycles. The quantitative estimate of drug-likeness (QED) is 0.578. The van der Waals surface area contributed by atoms with Gasteiger partial charge in [-0.3, -0.25) is 9.67 Å². The highest BCUT2D eigenvalue weighted by Gasteiger charge is 2.24. The summed E-state index contributed by atoms with van der Waals surface area (Å²) in [6, 6.07) is 7.12. The maximum absolute atomic E-state index is 13.6. The molecule has 158 valence electrons. The molecule has 0 spiro atoms. The van der Waals surface area contributed by atoms with E-state index in [9.17, 15) is 4.39 Å². The fourth-order valence-electron chi connectivity index (χ4n) is 3.69. The molecule has 0 saturated carbocycles. The molecular formula is C22H33FN6. The van der Waals surface area contributed by atoms with Crippen molar-refractivity contribution in [1.82, 2.24) is 20.4 Å². The summed E-state index contributed by atoms with van der Waals surface area (Å²) in [5, 5.41) is 11.2. The van der Waals surface area contributed by atoms with Crippen LogP contribution >= 0.6 is 0 Å². The van der Waals surface area contributed by atoms with Gasteiger partial charge in [-0.25, -0.2) is 4.39 Å². The van der Waals surface area contributed by atoms with Crippen molar-refractivity contribution >= 4 is 11.6 Å². The van der Waals surface area contributed by atoms with Crippen LogP contribution in [0.2, 0.25) is 0 Å². The smallest absolute Gasteiger partial charge is 0.191 e. The van der Waals surface area contributed by atoms with E-state index in [2.05, 4.69) is 47.6 Å². The number of hydrogen-bond donors (Lipinski definition) is 2. The monoisotopic (exact) mass is 400 g/mol. The van der Waals surface area contributed by atoms with Gasteiger partial charge in [0.1, 0.15) is 5.82 Å². The maximum Gasteiger partial charge on any atom is 0.191 e. The molecule has 1 aliphatic rings. The number of aryl methyl sites for hydroxylation is 1. The molecule has 29 heavy (non-hydrogen) atoms. The highest BCUT2D eigenvalue weighted by Crippen LogP contribution is 2.24. The van der Waals surface area contributed by atoms with Gasteiger partial charge in [-0.1, -0.05) is 26.0 Å². The second-order valence-electron chi connectivity index (χ2n) is 8.39. The molecule has 2 N–H and O–H groups in total. The Morgan fingerprint density at radius 2 is 2.21 bits per heavy atom. The van der Waals surface area contributed by atoms with E-state index in [-0.39, 0.29) is 11.2 Å². The maximum atomic E-state index is 13.6. The summed E-state index contributed by atoms with van der Waals surface area (Å²) in [5.74, 6) is 0.609. The third-order valence-electron chi connectivity index (χ3n) is 5.40. The molecule has 0 amide bonds. The van der Waals surface area contributed by atoms with E-state index in [1.165, 1.54) is 6.07 Å². The van der Waals surface area contributed by atoms with Crippen LogP contribution in [0.3, 0.4) is 0 Å². The summed E-state index contributed by atoms with van der Waals surface area (Å²) < 4.78 is 15.5. The second-order valence-corrected chi connectivity index (χ2v) is 8.39. The van der Waals surface area contributed by atoms with Gasteiger partial charge in [0, 0.05) is 44.3 Å². The van der Waals surface area contributed by atoms with E-state index < -0.39 is 0 Å². The number of anilines is 1. The molecule has 0 radical (unpaired) electrons. The van der Waals surface area contributed by atoms with Crippen LogP contribution in [0.15, 0.2) is 41.7 Å². The zero-order valence-electron chi connectivity index (χ0n) is 18.0. The molecule has 1 atom stereocenters. The Morgan fingerprint density at radius 3 is 2.90 bits per heavy atom. The van der Waals surface area contributed by atoms with Crippen molar-refractivity contribution in [1.29, 1.82) is 0 Å². The minimum atomic E-state index is -0.251. The van der Waals surface area contributed by atoms with Crippen LogP contribution < -0.4 is 15.5 Å². The molecular weight excluding hydrogens is 367 g/mol. The lowest BCUT2D eigenvalue weighted by molar-refractivity contribution is 0.465. The molecule has 2 heterocycles. The van der Waals surface area contributed by atoms with Crippen molar-refractivity contribution in [3.05, 3.63) is 48.0 Å². The first-order chi connectivity index (χ1) is 13.9. The van der Waals surface area contributed by atoms with Crippen LogP contribution in [0.5, 0.6) is 0 Å². The van der Waals surface area contributed by atoms with Crippen molar-refractivity contribution in [3.8, 4) is 0 Å². The predicted octanol–water partition coefficient (Wildman–Crippen LogP) is 3.06. The molecule has 6 nitrogen and oxygen atoms in total. The number of guanidine groups is 1. The van der Waals surface area contributed by atoms with Gasteiger partial charge in [0.05, 0.1) is 18.4 Å². The summed E-state index contributed by atoms with van der Waals surface area (Å²) in [6.07, 6.45) is 6.21. The minimum Gasteiger partial charge on any atom is -0.367 e. The SMILES string of the molecule is CCNC(=NCC(C)(C)c1cccc(F)c1)NC1CCCN(c2cnn(C)c2)C1. The fourth-order valence-corrected chi connectivity index (χ4v) is 3.69. The first-order valence-corrected chi connectivity index (χ1v) is 10.4. The molecule has 1 aromatic heterocycles. The van der Waals surface area contributed by atoms with Crippen LogP contribution in [-0.4, -0.2) is 48.0 Å². The van der Waals surface area contributed by atoms with Gasteiger partial charge in [0.15, 0.2) is 5.96 Å². The lowest BCUT2D eigenvalue weighted by Gasteiger charge is -2.34. The van der Waals surface area contributed by atoms with Gasteiger partial charge in [-0.05, 0) is 37.5 Å². The first kappa shape index (κ1) is 21.1. The second kappa shape index (κ2) is 9.29. The van der Waals surface area contributed by atoms with E-state index in [0.29, 0.717) is 12.6 Å². The molecule has 1 unspecified atom stereocenters. The largest absolute Gasteiger partial charge is 0.367 e. The average molecular weight is 401 g/mol. The summed E-state index contributed by atoms with van der Waals surface area (Å²) in [7, 11) is 1.94. The van der Waals surface area contributed by atoms with Gasteiger partial charge >= 0.3 is 0 Å². The predicted molar refractivity (Wildman–Crippen MR) is 117 cm³/mol.